The van der Waals surface area contributed by atoms with Crippen molar-refractivity contribution in [3.8, 4) is 11.5 Å². The molecule has 0 saturated carbocycles. The first-order chi connectivity index (χ1) is 14.4. The number of alkyl halides is 2. The highest BCUT2D eigenvalue weighted by atomic mass is 127. The molecule has 3 N–H and O–H groups in total. The molecule has 1 aromatic heterocycles. The fourth-order valence-electron chi connectivity index (χ4n) is 2.47. The molecule has 0 fully saturated rings. The standard InChI is InChI=1S/C20H25F2N5O3.HI/c1-13-4-7-17(25-11-13)27-18(28)8-9-24-20(23-2)26-12-14-10-15(29-3)5-6-16(14)30-19(21)22;/h4-7,10-11,19H,8-9,12H2,1-3H3,(H2,23,24,26)(H,25,27,28);1H. The number of aryl methyl sites for hydroxylation is 1. The minimum Gasteiger partial charge on any atom is -0.497 e. The normalized spacial score (nSPS) is 10.8. The van der Waals surface area contributed by atoms with Crippen molar-refractivity contribution in [1.82, 2.24) is 15.6 Å². The van der Waals surface area contributed by atoms with Crippen LogP contribution in [0.1, 0.15) is 17.5 Å². The largest absolute Gasteiger partial charge is 0.497 e. The Bertz CT molecular complexity index is 866. The van der Waals surface area contributed by atoms with Crippen molar-refractivity contribution >= 4 is 41.7 Å². The molecule has 0 atom stereocenters. The summed E-state index contributed by atoms with van der Waals surface area (Å²) in [6, 6.07) is 8.14. The van der Waals surface area contributed by atoms with E-state index in [4.69, 9.17) is 4.74 Å². The van der Waals surface area contributed by atoms with Gasteiger partial charge >= 0.3 is 6.61 Å². The van der Waals surface area contributed by atoms with Gasteiger partial charge in [-0.3, -0.25) is 9.79 Å². The number of ether oxygens (including phenoxy) is 2. The fraction of sp³-hybridized carbons (Fsp3) is 0.350. The molecule has 1 heterocycles. The number of rotatable bonds is 9. The summed E-state index contributed by atoms with van der Waals surface area (Å²) in [6.45, 7) is -0.542. The van der Waals surface area contributed by atoms with Gasteiger partial charge in [0.15, 0.2) is 5.96 Å². The number of pyridine rings is 1. The lowest BCUT2D eigenvalue weighted by atomic mass is 10.2. The first-order valence-electron chi connectivity index (χ1n) is 9.20. The van der Waals surface area contributed by atoms with E-state index in [1.54, 1.807) is 25.4 Å². The third-order valence-corrected chi connectivity index (χ3v) is 3.98. The molecule has 2 aromatic rings. The summed E-state index contributed by atoms with van der Waals surface area (Å²) in [7, 11) is 3.05. The fourth-order valence-corrected chi connectivity index (χ4v) is 2.47. The molecule has 11 heteroatoms. The second-order valence-corrected chi connectivity index (χ2v) is 6.22. The highest BCUT2D eigenvalue weighted by Crippen LogP contribution is 2.25. The summed E-state index contributed by atoms with van der Waals surface area (Å²) in [5.74, 6) is 1.24. The molecule has 1 amide bonds. The third-order valence-electron chi connectivity index (χ3n) is 3.98. The number of halogens is 3. The molecular weight excluding hydrogens is 523 g/mol. The smallest absolute Gasteiger partial charge is 0.387 e. The minimum atomic E-state index is -2.93. The number of aliphatic imine (C=N–C) groups is 1. The highest BCUT2D eigenvalue weighted by Gasteiger charge is 2.12. The van der Waals surface area contributed by atoms with Crippen LogP contribution in [0.4, 0.5) is 14.6 Å². The van der Waals surface area contributed by atoms with E-state index in [0.29, 0.717) is 29.6 Å². The van der Waals surface area contributed by atoms with Crippen molar-refractivity contribution in [2.75, 3.05) is 26.0 Å². The highest BCUT2D eigenvalue weighted by molar-refractivity contribution is 14.0. The second kappa shape index (κ2) is 13.6. The molecule has 0 aliphatic heterocycles. The Morgan fingerprint density at radius 1 is 1.23 bits per heavy atom. The van der Waals surface area contributed by atoms with Gasteiger partial charge in [-0.2, -0.15) is 8.78 Å². The van der Waals surface area contributed by atoms with Crippen molar-refractivity contribution in [1.29, 1.82) is 0 Å². The lowest BCUT2D eigenvalue weighted by Crippen LogP contribution is -2.38. The van der Waals surface area contributed by atoms with Gasteiger partial charge in [-0.1, -0.05) is 6.07 Å². The van der Waals surface area contributed by atoms with Crippen LogP contribution in [0.5, 0.6) is 11.5 Å². The summed E-state index contributed by atoms with van der Waals surface area (Å²) in [5.41, 5.74) is 1.48. The first kappa shape index (κ1) is 26.3. The number of anilines is 1. The van der Waals surface area contributed by atoms with Crippen LogP contribution in [-0.4, -0.2) is 44.2 Å². The number of methoxy groups -OCH3 is 1. The van der Waals surface area contributed by atoms with Crippen molar-refractivity contribution in [3.05, 3.63) is 47.7 Å². The summed E-state index contributed by atoms with van der Waals surface area (Å²) < 4.78 is 34.9. The van der Waals surface area contributed by atoms with Gasteiger partial charge in [0.2, 0.25) is 5.91 Å². The lowest BCUT2D eigenvalue weighted by Gasteiger charge is -2.15. The van der Waals surface area contributed by atoms with Crippen molar-refractivity contribution in [3.63, 3.8) is 0 Å². The molecule has 0 aliphatic rings. The van der Waals surface area contributed by atoms with Gasteiger partial charge in [-0.15, -0.1) is 24.0 Å². The van der Waals surface area contributed by atoms with Crippen LogP contribution in [0.15, 0.2) is 41.5 Å². The molecule has 0 unspecified atom stereocenters. The quantitative estimate of drug-likeness (QED) is 0.253. The van der Waals surface area contributed by atoms with Crippen LogP contribution in [0.3, 0.4) is 0 Å². The van der Waals surface area contributed by atoms with Crippen molar-refractivity contribution in [2.45, 2.75) is 26.5 Å². The predicted molar refractivity (Wildman–Crippen MR) is 125 cm³/mol. The van der Waals surface area contributed by atoms with Gasteiger partial charge in [-0.05, 0) is 36.8 Å². The summed E-state index contributed by atoms with van der Waals surface area (Å²) in [4.78, 5) is 20.2. The molecule has 0 aliphatic carbocycles. The Morgan fingerprint density at radius 3 is 2.61 bits per heavy atom. The number of nitrogens with zero attached hydrogens (tertiary/aromatic N) is 2. The van der Waals surface area contributed by atoms with E-state index in [1.165, 1.54) is 19.2 Å². The first-order valence-corrected chi connectivity index (χ1v) is 9.20. The molecule has 8 nitrogen and oxygen atoms in total. The van der Waals surface area contributed by atoms with Crippen LogP contribution in [-0.2, 0) is 11.3 Å². The number of benzene rings is 1. The van der Waals surface area contributed by atoms with Gasteiger partial charge in [0, 0.05) is 38.3 Å². The van der Waals surface area contributed by atoms with Gasteiger partial charge in [-0.25, -0.2) is 4.98 Å². The average Bonchev–Trinajstić information content (AvgIpc) is 2.72. The Balaban J connectivity index is 0.00000480. The number of hydrogen-bond donors (Lipinski definition) is 3. The van der Waals surface area contributed by atoms with Crippen molar-refractivity contribution < 1.29 is 23.0 Å². The lowest BCUT2D eigenvalue weighted by molar-refractivity contribution is -0.116. The zero-order valence-corrected chi connectivity index (χ0v) is 19.8. The van der Waals surface area contributed by atoms with Crippen LogP contribution < -0.4 is 25.4 Å². The number of carbonyl (C=O) groups is 1. The van der Waals surface area contributed by atoms with Crippen LogP contribution in [0.25, 0.3) is 0 Å². The van der Waals surface area contributed by atoms with E-state index in [-0.39, 0.29) is 48.6 Å². The molecule has 1 aromatic carbocycles. The maximum Gasteiger partial charge on any atom is 0.387 e. The topological polar surface area (TPSA) is 96.9 Å². The van der Waals surface area contributed by atoms with Gasteiger partial charge in [0.05, 0.1) is 7.11 Å². The molecule has 2 rings (SSSR count). The van der Waals surface area contributed by atoms with Crippen LogP contribution in [0, 0.1) is 6.92 Å². The molecule has 170 valence electrons. The van der Waals surface area contributed by atoms with E-state index in [1.807, 2.05) is 13.0 Å². The second-order valence-electron chi connectivity index (χ2n) is 6.22. The van der Waals surface area contributed by atoms with Crippen LogP contribution in [0.2, 0.25) is 0 Å². The molecule has 0 bridgehead atoms. The number of nitrogens with one attached hydrogen (secondary N) is 3. The van der Waals surface area contributed by atoms with Gasteiger partial charge in [0.25, 0.3) is 0 Å². The average molecular weight is 549 g/mol. The monoisotopic (exact) mass is 549 g/mol. The number of carbonyl (C=O) groups excluding carboxylic acids is 1. The molecule has 31 heavy (non-hydrogen) atoms. The summed E-state index contributed by atoms with van der Waals surface area (Å²) >= 11 is 0. The van der Waals surface area contributed by atoms with Gasteiger partial charge in [0.1, 0.15) is 17.3 Å². The van der Waals surface area contributed by atoms with E-state index < -0.39 is 6.61 Å². The van der Waals surface area contributed by atoms with Gasteiger partial charge < -0.3 is 25.4 Å². The minimum absolute atomic E-state index is 0. The SMILES string of the molecule is CN=C(NCCC(=O)Nc1ccc(C)cn1)NCc1cc(OC)ccc1OC(F)F.I. The Kier molecular flexibility index (Phi) is 11.5. The maximum atomic E-state index is 12.6. The Morgan fingerprint density at radius 2 is 2.00 bits per heavy atom. The zero-order chi connectivity index (χ0) is 21.9. The van der Waals surface area contributed by atoms with E-state index in [9.17, 15) is 13.6 Å². The Hall–Kier alpha value is -2.70. The number of aromatic nitrogens is 1. The molecule has 0 radical (unpaired) electrons. The number of hydrogen-bond acceptors (Lipinski definition) is 5. The number of amides is 1. The molecule has 0 saturated heterocycles. The molecule has 0 spiro atoms. The Labute approximate surface area is 196 Å². The molecular formula is C20H26F2IN5O3. The van der Waals surface area contributed by atoms with E-state index in [0.717, 1.165) is 5.56 Å². The third kappa shape index (κ3) is 9.32. The van der Waals surface area contributed by atoms with Crippen LogP contribution >= 0.6 is 24.0 Å². The summed E-state index contributed by atoms with van der Waals surface area (Å²) in [6.07, 6.45) is 1.86. The maximum absolute atomic E-state index is 12.6. The van der Waals surface area contributed by atoms with E-state index in [2.05, 4.69) is 30.7 Å². The number of guanidine groups is 1. The zero-order valence-electron chi connectivity index (χ0n) is 17.4. The summed E-state index contributed by atoms with van der Waals surface area (Å²) in [5, 5.41) is 8.69. The predicted octanol–water partition coefficient (Wildman–Crippen LogP) is 3.31. The van der Waals surface area contributed by atoms with E-state index >= 15 is 0 Å². The van der Waals surface area contributed by atoms with Crippen molar-refractivity contribution in [2.24, 2.45) is 4.99 Å².